The molecular formula is C22H21F3N4O3S. The van der Waals surface area contributed by atoms with Crippen molar-refractivity contribution in [1.29, 1.82) is 0 Å². The zero-order valence-corrected chi connectivity index (χ0v) is 18.3. The van der Waals surface area contributed by atoms with E-state index in [1.165, 1.54) is 17.2 Å². The summed E-state index contributed by atoms with van der Waals surface area (Å²) in [5, 5.41) is 4.21. The Morgan fingerprint density at radius 2 is 1.58 bits per heavy atom. The fourth-order valence-corrected chi connectivity index (χ4v) is 5.34. The molecule has 0 unspecified atom stereocenters. The third-order valence-electron chi connectivity index (χ3n) is 5.40. The van der Waals surface area contributed by atoms with Crippen LogP contribution in [0.2, 0.25) is 0 Å². The van der Waals surface area contributed by atoms with Crippen LogP contribution in [0.15, 0.2) is 71.9 Å². The van der Waals surface area contributed by atoms with Crippen LogP contribution in [0.25, 0.3) is 0 Å². The molecule has 174 valence electrons. The Labute approximate surface area is 189 Å². The zero-order valence-electron chi connectivity index (χ0n) is 17.4. The molecule has 1 fully saturated rings. The van der Waals surface area contributed by atoms with E-state index in [-0.39, 0.29) is 32.1 Å². The molecule has 1 aromatic heterocycles. The molecular weight excluding hydrogens is 457 g/mol. The van der Waals surface area contributed by atoms with E-state index in [1.54, 1.807) is 10.9 Å². The maximum Gasteiger partial charge on any atom is 0.417 e. The number of piperazine rings is 1. The molecule has 1 saturated heterocycles. The molecule has 1 aliphatic rings. The molecule has 0 spiro atoms. The number of amides is 1. The summed E-state index contributed by atoms with van der Waals surface area (Å²) in [5.74, 6) is -0.304. The number of nitrogens with zero attached hydrogens (tertiary/aromatic N) is 4. The van der Waals surface area contributed by atoms with Crippen molar-refractivity contribution in [2.24, 2.45) is 0 Å². The third-order valence-corrected chi connectivity index (χ3v) is 7.36. The summed E-state index contributed by atoms with van der Waals surface area (Å²) in [5.41, 5.74) is 0.191. The largest absolute Gasteiger partial charge is 0.417 e. The fourth-order valence-electron chi connectivity index (χ4n) is 3.71. The average molecular weight is 478 g/mol. The number of alkyl halides is 3. The van der Waals surface area contributed by atoms with E-state index in [1.807, 2.05) is 30.3 Å². The maximum atomic E-state index is 13.3. The minimum absolute atomic E-state index is 0.0656. The molecule has 11 heteroatoms. The van der Waals surface area contributed by atoms with Crippen LogP contribution in [0.5, 0.6) is 0 Å². The molecule has 4 rings (SSSR count). The van der Waals surface area contributed by atoms with Crippen LogP contribution in [0.3, 0.4) is 0 Å². The minimum Gasteiger partial charge on any atom is -0.336 e. The molecule has 1 amide bonds. The number of carbonyl (C=O) groups excluding carboxylic acids is 1. The molecule has 0 atom stereocenters. The SMILES string of the molecule is O=C(c1cnn(Cc2ccccc2)c1)N1CCN(S(=O)(=O)c2ccccc2C(F)(F)F)CC1. The van der Waals surface area contributed by atoms with Gasteiger partial charge in [-0.2, -0.15) is 22.6 Å². The molecule has 0 radical (unpaired) electrons. The predicted octanol–water partition coefficient (Wildman–Crippen LogP) is 3.10. The van der Waals surface area contributed by atoms with Crippen LogP contribution in [0, 0.1) is 0 Å². The monoisotopic (exact) mass is 478 g/mol. The molecule has 33 heavy (non-hydrogen) atoms. The highest BCUT2D eigenvalue weighted by atomic mass is 32.2. The fraction of sp³-hybridized carbons (Fsp3) is 0.273. The first kappa shape index (κ1) is 23.0. The summed E-state index contributed by atoms with van der Waals surface area (Å²) in [4.78, 5) is 13.5. The van der Waals surface area contributed by atoms with Crippen molar-refractivity contribution in [2.45, 2.75) is 17.6 Å². The number of benzene rings is 2. The quantitative estimate of drug-likeness (QED) is 0.565. The molecule has 0 saturated carbocycles. The van der Waals surface area contributed by atoms with Crippen molar-refractivity contribution >= 4 is 15.9 Å². The summed E-state index contributed by atoms with van der Waals surface area (Å²) in [7, 11) is -4.36. The van der Waals surface area contributed by atoms with Gasteiger partial charge in [0.1, 0.15) is 0 Å². The highest BCUT2D eigenvalue weighted by Crippen LogP contribution is 2.35. The van der Waals surface area contributed by atoms with E-state index in [4.69, 9.17) is 0 Å². The van der Waals surface area contributed by atoms with Gasteiger partial charge in [-0.1, -0.05) is 42.5 Å². The van der Waals surface area contributed by atoms with Crippen molar-refractivity contribution in [3.8, 4) is 0 Å². The van der Waals surface area contributed by atoms with Crippen LogP contribution >= 0.6 is 0 Å². The van der Waals surface area contributed by atoms with E-state index in [9.17, 15) is 26.4 Å². The maximum absolute atomic E-state index is 13.3. The summed E-state index contributed by atoms with van der Waals surface area (Å²) in [6.45, 7) is 0.432. The van der Waals surface area contributed by atoms with E-state index in [0.29, 0.717) is 12.1 Å². The van der Waals surface area contributed by atoms with Gasteiger partial charge in [-0.15, -0.1) is 0 Å². The standard InChI is InChI=1S/C22H21F3N4O3S/c23-22(24,25)19-8-4-5-9-20(19)33(31,32)29-12-10-27(11-13-29)21(30)18-14-26-28(16-18)15-17-6-2-1-3-7-17/h1-9,14,16H,10-13,15H2. The summed E-state index contributed by atoms with van der Waals surface area (Å²) in [6, 6.07) is 13.7. The Kier molecular flexibility index (Phi) is 6.26. The number of hydrogen-bond acceptors (Lipinski definition) is 4. The van der Waals surface area contributed by atoms with Gasteiger partial charge in [0.2, 0.25) is 10.0 Å². The molecule has 0 N–H and O–H groups in total. The molecule has 3 aromatic rings. The number of sulfonamides is 1. The van der Waals surface area contributed by atoms with Crippen LogP contribution in [-0.2, 0) is 22.7 Å². The topological polar surface area (TPSA) is 75.5 Å². The Morgan fingerprint density at radius 1 is 0.939 bits per heavy atom. The van der Waals surface area contributed by atoms with Gasteiger partial charge >= 0.3 is 6.18 Å². The lowest BCUT2D eigenvalue weighted by atomic mass is 10.2. The van der Waals surface area contributed by atoms with E-state index in [2.05, 4.69) is 5.10 Å². The van der Waals surface area contributed by atoms with Gasteiger partial charge in [0.05, 0.1) is 28.8 Å². The zero-order chi connectivity index (χ0) is 23.6. The van der Waals surface area contributed by atoms with E-state index < -0.39 is 26.7 Å². The second-order valence-electron chi connectivity index (χ2n) is 7.60. The van der Waals surface area contributed by atoms with Crippen molar-refractivity contribution in [3.63, 3.8) is 0 Å². The van der Waals surface area contributed by atoms with E-state index in [0.717, 1.165) is 28.1 Å². The highest BCUT2D eigenvalue weighted by molar-refractivity contribution is 7.89. The van der Waals surface area contributed by atoms with Crippen LogP contribution in [-0.4, -0.2) is 59.5 Å². The number of aromatic nitrogens is 2. The molecule has 0 aliphatic carbocycles. The smallest absolute Gasteiger partial charge is 0.336 e. The van der Waals surface area contributed by atoms with Gasteiger partial charge in [0.15, 0.2) is 0 Å². The second-order valence-corrected chi connectivity index (χ2v) is 9.51. The Bertz CT molecular complexity index is 1240. The first-order chi connectivity index (χ1) is 15.7. The number of carbonyl (C=O) groups is 1. The normalized spacial score (nSPS) is 15.5. The van der Waals surface area contributed by atoms with Gasteiger partial charge < -0.3 is 4.90 Å². The highest BCUT2D eigenvalue weighted by Gasteiger charge is 2.39. The molecule has 2 aromatic carbocycles. The van der Waals surface area contributed by atoms with Crippen LogP contribution in [0.1, 0.15) is 21.5 Å². The number of rotatable bonds is 5. The average Bonchev–Trinajstić information content (AvgIpc) is 3.27. The summed E-state index contributed by atoms with van der Waals surface area (Å²) >= 11 is 0. The number of halogens is 3. The van der Waals surface area contributed by atoms with Crippen molar-refractivity contribution in [1.82, 2.24) is 19.0 Å². The van der Waals surface area contributed by atoms with Gasteiger partial charge in [0.25, 0.3) is 5.91 Å². The van der Waals surface area contributed by atoms with Crippen molar-refractivity contribution < 1.29 is 26.4 Å². The molecule has 2 heterocycles. The van der Waals surface area contributed by atoms with Gasteiger partial charge in [-0.25, -0.2) is 8.42 Å². The van der Waals surface area contributed by atoms with Crippen LogP contribution in [0.4, 0.5) is 13.2 Å². The summed E-state index contributed by atoms with van der Waals surface area (Å²) < 4.78 is 68.3. The molecule has 7 nitrogen and oxygen atoms in total. The van der Waals surface area contributed by atoms with Gasteiger partial charge in [0, 0.05) is 32.4 Å². The summed E-state index contributed by atoms with van der Waals surface area (Å²) in [6.07, 6.45) is -1.71. The van der Waals surface area contributed by atoms with E-state index >= 15 is 0 Å². The lowest BCUT2D eigenvalue weighted by Gasteiger charge is -2.34. The van der Waals surface area contributed by atoms with Gasteiger partial charge in [-0.3, -0.25) is 9.48 Å². The first-order valence-electron chi connectivity index (χ1n) is 10.2. The number of hydrogen-bond donors (Lipinski definition) is 0. The van der Waals surface area contributed by atoms with Gasteiger partial charge in [-0.05, 0) is 17.7 Å². The third kappa shape index (κ3) is 4.93. The Morgan fingerprint density at radius 3 is 2.24 bits per heavy atom. The lowest BCUT2D eigenvalue weighted by molar-refractivity contribution is -0.139. The van der Waals surface area contributed by atoms with Crippen LogP contribution < -0.4 is 0 Å². The Hall–Kier alpha value is -3.18. The van der Waals surface area contributed by atoms with Crippen molar-refractivity contribution in [2.75, 3.05) is 26.2 Å². The van der Waals surface area contributed by atoms with Crippen molar-refractivity contribution in [3.05, 3.63) is 83.7 Å². The second kappa shape index (κ2) is 8.99. The first-order valence-corrected chi connectivity index (χ1v) is 11.6. The lowest BCUT2D eigenvalue weighted by Crippen LogP contribution is -2.50. The Balaban J connectivity index is 1.43. The molecule has 0 bridgehead atoms. The molecule has 1 aliphatic heterocycles. The predicted molar refractivity (Wildman–Crippen MR) is 114 cm³/mol. The minimum atomic E-state index is -4.79.